The molecule has 13 rings (SSSR count). The maximum atomic E-state index is 2.48. The van der Waals surface area contributed by atoms with Gasteiger partial charge in [-0.15, -0.1) is 0 Å². The van der Waals surface area contributed by atoms with Crippen molar-refractivity contribution in [2.24, 2.45) is 0 Å². The molecular weight excluding hydrogens is 821 g/mol. The van der Waals surface area contributed by atoms with Gasteiger partial charge in [0.2, 0.25) is 0 Å². The lowest BCUT2D eigenvalue weighted by Crippen LogP contribution is -1.98. The van der Waals surface area contributed by atoms with Gasteiger partial charge in [-0.1, -0.05) is 206 Å². The van der Waals surface area contributed by atoms with Gasteiger partial charge in [0.05, 0.1) is 27.8 Å². The van der Waals surface area contributed by atoms with Gasteiger partial charge in [-0.25, -0.2) is 0 Å². The lowest BCUT2D eigenvalue weighted by molar-refractivity contribution is 1.18. The number of aromatic nitrogens is 2. The van der Waals surface area contributed by atoms with E-state index in [1.54, 1.807) is 0 Å². The molecule has 0 N–H and O–H groups in total. The van der Waals surface area contributed by atoms with Gasteiger partial charge in [0, 0.05) is 32.8 Å². The summed E-state index contributed by atoms with van der Waals surface area (Å²) >= 11 is 0. The average molecular weight is 865 g/mol. The molecule has 0 unspecified atom stereocenters. The number of para-hydroxylation sites is 1. The highest BCUT2D eigenvalue weighted by Crippen LogP contribution is 2.43. The molecule has 0 aliphatic heterocycles. The zero-order valence-corrected chi connectivity index (χ0v) is 37.3. The van der Waals surface area contributed by atoms with Crippen LogP contribution in [0.1, 0.15) is 0 Å². The molecule has 68 heavy (non-hydrogen) atoms. The maximum absolute atomic E-state index is 2.48. The Kier molecular flexibility index (Phi) is 9.54. The van der Waals surface area contributed by atoms with E-state index in [2.05, 4.69) is 276 Å². The second-order valence-corrected chi connectivity index (χ2v) is 17.7. The van der Waals surface area contributed by atoms with Crippen molar-refractivity contribution in [3.63, 3.8) is 0 Å². The molecule has 2 aromatic heterocycles. The molecule has 0 spiro atoms. The first kappa shape index (κ1) is 39.4. The summed E-state index contributed by atoms with van der Waals surface area (Å²) in [5.41, 5.74) is 21.4. The summed E-state index contributed by atoms with van der Waals surface area (Å²) in [6.07, 6.45) is 0. The van der Waals surface area contributed by atoms with Crippen molar-refractivity contribution in [2.45, 2.75) is 0 Å². The fourth-order valence-corrected chi connectivity index (χ4v) is 10.5. The fraction of sp³-hybridized carbons (Fsp3) is 0. The normalized spacial score (nSPS) is 11.5. The third-order valence-corrected chi connectivity index (χ3v) is 13.7. The standard InChI is InChI=1S/C66H44N2/c1-6-17-45(18-7-1)51-34-38-61-58(41-51)59-42-52(35-39-62(59)68(61)65-44-54(46-19-8-2-9-20-46)33-37-56(65)49-21-10-3-11-22-49)47-29-31-48(32-30-47)53-36-40-63-60(43-53)66-57(50-23-12-4-13-24-50)27-16-28-64(66)67(63)55-25-14-5-15-26-55/h1-44H. The molecule has 0 amide bonds. The maximum Gasteiger partial charge on any atom is 0.0547 e. The first-order valence-corrected chi connectivity index (χ1v) is 23.4. The van der Waals surface area contributed by atoms with E-state index < -0.39 is 0 Å². The summed E-state index contributed by atoms with van der Waals surface area (Å²) in [5.74, 6) is 0. The molecular formula is C66H44N2. The Hall–Kier alpha value is -8.98. The number of hydrogen-bond donors (Lipinski definition) is 0. The molecule has 0 aliphatic rings. The van der Waals surface area contributed by atoms with Gasteiger partial charge in [0.15, 0.2) is 0 Å². The zero-order chi connectivity index (χ0) is 45.0. The van der Waals surface area contributed by atoms with Crippen LogP contribution in [0.3, 0.4) is 0 Å². The Morgan fingerprint density at radius 1 is 0.206 bits per heavy atom. The molecule has 2 nitrogen and oxygen atoms in total. The molecule has 11 aromatic carbocycles. The summed E-state index contributed by atoms with van der Waals surface area (Å²) < 4.78 is 4.89. The third-order valence-electron chi connectivity index (χ3n) is 13.7. The first-order valence-electron chi connectivity index (χ1n) is 23.4. The molecule has 318 valence electrons. The van der Waals surface area contributed by atoms with Crippen LogP contribution in [0.15, 0.2) is 267 Å². The molecule has 0 saturated heterocycles. The summed E-state index contributed by atoms with van der Waals surface area (Å²) in [6, 6.07) is 97.4. The van der Waals surface area contributed by atoms with E-state index in [9.17, 15) is 0 Å². The Bertz CT molecular complexity index is 3960. The Morgan fingerprint density at radius 3 is 1.10 bits per heavy atom. The third kappa shape index (κ3) is 6.73. The monoisotopic (exact) mass is 864 g/mol. The Balaban J connectivity index is 0.957. The van der Waals surface area contributed by atoms with Crippen molar-refractivity contribution in [2.75, 3.05) is 0 Å². The summed E-state index contributed by atoms with van der Waals surface area (Å²) in [5, 5.41) is 4.95. The largest absolute Gasteiger partial charge is 0.309 e. The predicted octanol–water partition coefficient (Wildman–Crippen LogP) is 17.9. The second-order valence-electron chi connectivity index (χ2n) is 17.7. The molecule has 0 radical (unpaired) electrons. The molecule has 0 fully saturated rings. The highest BCUT2D eigenvalue weighted by molar-refractivity contribution is 6.17. The van der Waals surface area contributed by atoms with Crippen LogP contribution in [0.4, 0.5) is 0 Å². The van der Waals surface area contributed by atoms with Crippen LogP contribution in [0.25, 0.3) is 122 Å². The predicted molar refractivity (Wildman–Crippen MR) is 288 cm³/mol. The number of fused-ring (bicyclic) bond motifs is 6. The lowest BCUT2D eigenvalue weighted by atomic mass is 9.96. The number of nitrogens with zero attached hydrogens (tertiary/aromatic N) is 2. The SMILES string of the molecule is c1ccc(-c2ccc(-c3ccccc3)c(-n3c4ccc(-c5ccccc5)cc4c4cc(-c5ccc(-c6ccc7c(c6)c6c(-c8ccccc8)cccc6n7-c6ccccc6)cc5)ccc43)c2)cc1. The molecule has 13 aromatic rings. The minimum atomic E-state index is 1.15. The molecule has 0 aliphatic carbocycles. The van der Waals surface area contributed by atoms with E-state index in [1.165, 1.54) is 110 Å². The van der Waals surface area contributed by atoms with Crippen LogP contribution in [-0.4, -0.2) is 9.13 Å². The number of hydrogen-bond acceptors (Lipinski definition) is 0. The van der Waals surface area contributed by atoms with Gasteiger partial charge in [0.25, 0.3) is 0 Å². The van der Waals surface area contributed by atoms with Crippen LogP contribution >= 0.6 is 0 Å². The summed E-state index contributed by atoms with van der Waals surface area (Å²) in [6.45, 7) is 0. The van der Waals surface area contributed by atoms with E-state index in [1.807, 2.05) is 0 Å². The van der Waals surface area contributed by atoms with E-state index in [4.69, 9.17) is 0 Å². The van der Waals surface area contributed by atoms with Crippen molar-refractivity contribution in [3.05, 3.63) is 267 Å². The first-order chi connectivity index (χ1) is 33.7. The van der Waals surface area contributed by atoms with Crippen LogP contribution in [0.2, 0.25) is 0 Å². The highest BCUT2D eigenvalue weighted by Gasteiger charge is 2.20. The number of benzene rings is 11. The van der Waals surface area contributed by atoms with Crippen molar-refractivity contribution < 1.29 is 0 Å². The Labute approximate surface area is 395 Å². The van der Waals surface area contributed by atoms with Crippen LogP contribution in [0.5, 0.6) is 0 Å². The quantitative estimate of drug-likeness (QED) is 0.144. The van der Waals surface area contributed by atoms with Gasteiger partial charge in [-0.05, 0) is 122 Å². The average Bonchev–Trinajstić information content (AvgIpc) is 3.94. The van der Waals surface area contributed by atoms with Crippen LogP contribution in [-0.2, 0) is 0 Å². The van der Waals surface area contributed by atoms with E-state index >= 15 is 0 Å². The zero-order valence-electron chi connectivity index (χ0n) is 37.3. The van der Waals surface area contributed by atoms with E-state index in [-0.39, 0.29) is 0 Å². The van der Waals surface area contributed by atoms with Gasteiger partial charge >= 0.3 is 0 Å². The van der Waals surface area contributed by atoms with Crippen LogP contribution < -0.4 is 0 Å². The highest BCUT2D eigenvalue weighted by atomic mass is 15.0. The smallest absolute Gasteiger partial charge is 0.0547 e. The van der Waals surface area contributed by atoms with Crippen molar-refractivity contribution >= 4 is 43.6 Å². The summed E-state index contributed by atoms with van der Waals surface area (Å²) in [4.78, 5) is 0. The molecule has 0 saturated carbocycles. The minimum Gasteiger partial charge on any atom is -0.309 e. The van der Waals surface area contributed by atoms with Gasteiger partial charge < -0.3 is 9.13 Å². The molecule has 2 heterocycles. The molecule has 0 atom stereocenters. The van der Waals surface area contributed by atoms with Gasteiger partial charge in [-0.3, -0.25) is 0 Å². The molecule has 2 heteroatoms. The lowest BCUT2D eigenvalue weighted by Gasteiger charge is -2.16. The van der Waals surface area contributed by atoms with Crippen molar-refractivity contribution in [1.29, 1.82) is 0 Å². The Morgan fingerprint density at radius 2 is 0.588 bits per heavy atom. The topological polar surface area (TPSA) is 9.86 Å². The minimum absolute atomic E-state index is 1.15. The number of rotatable bonds is 8. The molecule has 0 bridgehead atoms. The van der Waals surface area contributed by atoms with Crippen molar-refractivity contribution in [1.82, 2.24) is 9.13 Å². The summed E-state index contributed by atoms with van der Waals surface area (Å²) in [7, 11) is 0. The van der Waals surface area contributed by atoms with E-state index in [0.717, 1.165) is 11.4 Å². The van der Waals surface area contributed by atoms with Crippen molar-refractivity contribution in [3.8, 4) is 78.1 Å². The second kappa shape index (κ2) is 16.5. The van der Waals surface area contributed by atoms with E-state index in [0.29, 0.717) is 0 Å². The van der Waals surface area contributed by atoms with Gasteiger partial charge in [-0.2, -0.15) is 0 Å². The van der Waals surface area contributed by atoms with Gasteiger partial charge in [0.1, 0.15) is 0 Å². The fourth-order valence-electron chi connectivity index (χ4n) is 10.5. The van der Waals surface area contributed by atoms with Crippen LogP contribution in [0, 0.1) is 0 Å².